The number of hydrogen-bond donors (Lipinski definition) is 2. The fraction of sp³-hybridized carbons (Fsp3) is 0.750. The van der Waals surface area contributed by atoms with Gasteiger partial charge in [0, 0.05) is 26.7 Å². The molecule has 0 aromatic heterocycles. The largest absolute Gasteiger partial charge is 0.481 e. The Balaban J connectivity index is 2.00. The molecule has 2 heterocycles. The number of nitrogens with zero attached hydrogens (tertiary/aromatic N) is 2. The summed E-state index contributed by atoms with van der Waals surface area (Å²) in [4.78, 5) is 38.0. The van der Waals surface area contributed by atoms with Crippen molar-refractivity contribution in [3.63, 3.8) is 0 Å². The van der Waals surface area contributed by atoms with Gasteiger partial charge in [-0.15, -0.1) is 0 Å². The van der Waals surface area contributed by atoms with Gasteiger partial charge in [-0.3, -0.25) is 9.59 Å². The fourth-order valence-electron chi connectivity index (χ4n) is 2.75. The van der Waals surface area contributed by atoms with Gasteiger partial charge in [-0.1, -0.05) is 0 Å². The average Bonchev–Trinajstić information content (AvgIpc) is 3.05. The molecule has 19 heavy (non-hydrogen) atoms. The van der Waals surface area contributed by atoms with E-state index in [9.17, 15) is 14.4 Å². The molecule has 0 radical (unpaired) electrons. The van der Waals surface area contributed by atoms with Crippen LogP contribution in [-0.4, -0.2) is 65.5 Å². The number of nitrogens with one attached hydrogen (secondary N) is 1. The predicted molar refractivity (Wildman–Crippen MR) is 66.5 cm³/mol. The van der Waals surface area contributed by atoms with Gasteiger partial charge in [-0.25, -0.2) is 4.79 Å². The van der Waals surface area contributed by atoms with Crippen LogP contribution in [0.15, 0.2) is 0 Å². The van der Waals surface area contributed by atoms with E-state index in [4.69, 9.17) is 5.11 Å². The van der Waals surface area contributed by atoms with Crippen molar-refractivity contribution in [2.24, 2.45) is 5.92 Å². The number of rotatable bonds is 2. The Morgan fingerprint density at radius 1 is 1.21 bits per heavy atom. The molecule has 0 bridgehead atoms. The highest BCUT2D eigenvalue weighted by atomic mass is 16.4. The van der Waals surface area contributed by atoms with Crippen molar-refractivity contribution in [2.75, 3.05) is 26.7 Å². The summed E-state index contributed by atoms with van der Waals surface area (Å²) < 4.78 is 0. The molecule has 106 valence electrons. The summed E-state index contributed by atoms with van der Waals surface area (Å²) in [6.07, 6.45) is 1.96. The second kappa shape index (κ2) is 5.46. The van der Waals surface area contributed by atoms with Crippen LogP contribution >= 0.6 is 0 Å². The molecule has 3 amide bonds. The zero-order chi connectivity index (χ0) is 14.0. The van der Waals surface area contributed by atoms with Gasteiger partial charge >= 0.3 is 12.0 Å². The van der Waals surface area contributed by atoms with E-state index in [0.29, 0.717) is 25.9 Å². The Morgan fingerprint density at radius 2 is 1.95 bits per heavy atom. The standard InChI is InChI=1S/C12H19N3O4/c1-13-10(16)9-3-2-5-15(9)12(19)14-6-4-8(7-14)11(17)18/h8-9H,2-7H2,1H3,(H,13,16)(H,17,18). The van der Waals surface area contributed by atoms with E-state index in [1.165, 1.54) is 0 Å². The minimum absolute atomic E-state index is 0.153. The molecule has 7 nitrogen and oxygen atoms in total. The lowest BCUT2D eigenvalue weighted by Gasteiger charge is -2.28. The summed E-state index contributed by atoms with van der Waals surface area (Å²) in [5.41, 5.74) is 0. The zero-order valence-corrected chi connectivity index (χ0v) is 11.0. The number of urea groups is 1. The van der Waals surface area contributed by atoms with Crippen LogP contribution in [0.1, 0.15) is 19.3 Å². The normalized spacial score (nSPS) is 26.6. The minimum Gasteiger partial charge on any atom is -0.481 e. The molecular weight excluding hydrogens is 250 g/mol. The molecule has 2 atom stereocenters. The zero-order valence-electron chi connectivity index (χ0n) is 11.0. The van der Waals surface area contributed by atoms with E-state index in [0.717, 1.165) is 6.42 Å². The van der Waals surface area contributed by atoms with Crippen LogP contribution in [-0.2, 0) is 9.59 Å². The third-order valence-electron chi connectivity index (χ3n) is 3.86. The topological polar surface area (TPSA) is 90.0 Å². The highest BCUT2D eigenvalue weighted by Crippen LogP contribution is 2.23. The summed E-state index contributed by atoms with van der Waals surface area (Å²) >= 11 is 0. The Bertz CT molecular complexity index is 398. The third-order valence-corrected chi connectivity index (χ3v) is 3.86. The molecule has 2 aliphatic heterocycles. The van der Waals surface area contributed by atoms with Crippen LogP contribution in [0, 0.1) is 5.92 Å². The average molecular weight is 269 g/mol. The van der Waals surface area contributed by atoms with Gasteiger partial charge in [-0.2, -0.15) is 0 Å². The summed E-state index contributed by atoms with van der Waals surface area (Å²) in [5, 5.41) is 11.5. The molecule has 0 aliphatic carbocycles. The van der Waals surface area contributed by atoms with Crippen molar-refractivity contribution < 1.29 is 19.5 Å². The molecule has 0 saturated carbocycles. The number of carbonyl (C=O) groups is 3. The van der Waals surface area contributed by atoms with Crippen molar-refractivity contribution in [3.8, 4) is 0 Å². The number of likely N-dealkylation sites (N-methyl/N-ethyl adjacent to an activating group) is 1. The molecule has 2 N–H and O–H groups in total. The first-order valence-electron chi connectivity index (χ1n) is 6.54. The first-order chi connectivity index (χ1) is 9.04. The third kappa shape index (κ3) is 2.64. The second-order valence-corrected chi connectivity index (χ2v) is 5.02. The van der Waals surface area contributed by atoms with Gasteiger partial charge in [0.25, 0.3) is 0 Å². The van der Waals surface area contributed by atoms with Crippen molar-refractivity contribution in [3.05, 3.63) is 0 Å². The van der Waals surface area contributed by atoms with Crippen molar-refractivity contribution >= 4 is 17.9 Å². The number of amides is 3. The minimum atomic E-state index is -0.862. The van der Waals surface area contributed by atoms with Crippen LogP contribution in [0.3, 0.4) is 0 Å². The molecular formula is C12H19N3O4. The van der Waals surface area contributed by atoms with E-state index < -0.39 is 17.9 Å². The SMILES string of the molecule is CNC(=O)C1CCCN1C(=O)N1CCC(C(=O)O)C1. The fourth-order valence-corrected chi connectivity index (χ4v) is 2.75. The van der Waals surface area contributed by atoms with Gasteiger partial charge in [0.05, 0.1) is 5.92 Å². The summed E-state index contributed by atoms with van der Waals surface area (Å²) in [7, 11) is 1.56. The maximum atomic E-state index is 12.3. The molecule has 7 heteroatoms. The highest BCUT2D eigenvalue weighted by Gasteiger charge is 2.39. The number of aliphatic carboxylic acids is 1. The maximum Gasteiger partial charge on any atom is 0.320 e. The Labute approximate surface area is 111 Å². The molecule has 0 spiro atoms. The highest BCUT2D eigenvalue weighted by molar-refractivity contribution is 5.87. The first-order valence-corrected chi connectivity index (χ1v) is 6.54. The van der Waals surface area contributed by atoms with E-state index in [1.807, 2.05) is 0 Å². The molecule has 2 fully saturated rings. The monoisotopic (exact) mass is 269 g/mol. The van der Waals surface area contributed by atoms with Gasteiger partial charge in [0.1, 0.15) is 6.04 Å². The predicted octanol–water partition coefficient (Wildman–Crippen LogP) is -0.277. The molecule has 2 rings (SSSR count). The molecule has 0 aromatic rings. The van der Waals surface area contributed by atoms with E-state index >= 15 is 0 Å². The van der Waals surface area contributed by atoms with E-state index in [1.54, 1.807) is 16.8 Å². The number of hydrogen-bond acceptors (Lipinski definition) is 3. The Kier molecular flexibility index (Phi) is 3.92. The summed E-state index contributed by atoms with van der Waals surface area (Å²) in [6, 6.07) is -0.628. The number of carbonyl (C=O) groups excluding carboxylic acids is 2. The molecule has 2 saturated heterocycles. The van der Waals surface area contributed by atoms with Crippen molar-refractivity contribution in [1.29, 1.82) is 0 Å². The van der Waals surface area contributed by atoms with Crippen LogP contribution < -0.4 is 5.32 Å². The Morgan fingerprint density at radius 3 is 2.53 bits per heavy atom. The van der Waals surface area contributed by atoms with Crippen LogP contribution in [0.2, 0.25) is 0 Å². The summed E-state index contributed by atoms with van der Waals surface area (Å²) in [5.74, 6) is -1.50. The molecule has 2 unspecified atom stereocenters. The van der Waals surface area contributed by atoms with E-state index in [2.05, 4.69) is 5.32 Å². The van der Waals surface area contributed by atoms with Gasteiger partial charge in [0.2, 0.25) is 5.91 Å². The van der Waals surface area contributed by atoms with Crippen molar-refractivity contribution in [2.45, 2.75) is 25.3 Å². The number of carboxylic acid groups (broad SMARTS) is 1. The van der Waals surface area contributed by atoms with Gasteiger partial charge in [-0.05, 0) is 19.3 Å². The quantitative estimate of drug-likeness (QED) is 0.721. The lowest BCUT2D eigenvalue weighted by Crippen LogP contribution is -2.49. The van der Waals surface area contributed by atoms with Gasteiger partial charge in [0.15, 0.2) is 0 Å². The number of carboxylic acids is 1. The second-order valence-electron chi connectivity index (χ2n) is 5.02. The first kappa shape index (κ1) is 13.6. The van der Waals surface area contributed by atoms with Crippen molar-refractivity contribution in [1.82, 2.24) is 15.1 Å². The number of likely N-dealkylation sites (tertiary alicyclic amines) is 2. The molecule has 2 aliphatic rings. The lowest BCUT2D eigenvalue weighted by atomic mass is 10.1. The lowest BCUT2D eigenvalue weighted by molar-refractivity contribution is -0.141. The van der Waals surface area contributed by atoms with Crippen LogP contribution in [0.5, 0.6) is 0 Å². The van der Waals surface area contributed by atoms with E-state index in [-0.39, 0.29) is 18.5 Å². The van der Waals surface area contributed by atoms with Crippen LogP contribution in [0.25, 0.3) is 0 Å². The summed E-state index contributed by atoms with van der Waals surface area (Å²) in [6.45, 7) is 1.25. The Hall–Kier alpha value is -1.79. The maximum absolute atomic E-state index is 12.3. The molecule has 0 aromatic carbocycles. The van der Waals surface area contributed by atoms with Crippen LogP contribution in [0.4, 0.5) is 4.79 Å². The smallest absolute Gasteiger partial charge is 0.320 e. The van der Waals surface area contributed by atoms with Gasteiger partial charge < -0.3 is 20.2 Å².